The maximum Gasteiger partial charge on any atom is 0.0852 e. The van der Waals surface area contributed by atoms with Crippen LogP contribution in [-0.2, 0) is 12.0 Å². The summed E-state index contributed by atoms with van der Waals surface area (Å²) < 4.78 is 0. The summed E-state index contributed by atoms with van der Waals surface area (Å²) in [5, 5.41) is 8.91. The average molecular weight is 820 g/mol. The maximum absolute atomic E-state index is 4.80. The highest BCUT2D eigenvalue weighted by Crippen LogP contribution is 2.50. The molecule has 3 N–H and O–H groups in total. The molecule has 1 aliphatic carbocycles. The number of aryl methyl sites for hydroxylation is 2. The second kappa shape index (κ2) is 19.0. The van der Waals surface area contributed by atoms with Crippen LogP contribution in [0.2, 0.25) is 0 Å². The van der Waals surface area contributed by atoms with Crippen molar-refractivity contribution in [2.75, 3.05) is 6.67 Å². The van der Waals surface area contributed by atoms with Gasteiger partial charge in [-0.05, 0) is 133 Å². The fourth-order valence-corrected chi connectivity index (χ4v) is 9.33. The molecule has 10 rings (SSSR count). The van der Waals surface area contributed by atoms with Crippen molar-refractivity contribution in [3.63, 3.8) is 0 Å². The lowest BCUT2D eigenvalue weighted by Crippen LogP contribution is -2.22. The molecule has 0 aromatic heterocycles. The van der Waals surface area contributed by atoms with Crippen LogP contribution in [0.15, 0.2) is 199 Å². The van der Waals surface area contributed by atoms with E-state index in [0.29, 0.717) is 6.67 Å². The third kappa shape index (κ3) is 8.90. The van der Waals surface area contributed by atoms with Gasteiger partial charge in [0.2, 0.25) is 0 Å². The minimum atomic E-state index is -0.0157. The maximum atomic E-state index is 4.80. The molecule has 0 fully saturated rings. The van der Waals surface area contributed by atoms with Crippen molar-refractivity contribution in [2.24, 2.45) is 10.7 Å². The molecule has 1 aliphatic rings. The van der Waals surface area contributed by atoms with Crippen molar-refractivity contribution in [1.82, 2.24) is 5.32 Å². The van der Waals surface area contributed by atoms with E-state index in [0.717, 1.165) is 6.54 Å². The number of nitrogens with two attached hydrogens (primary N) is 1. The second-order valence-corrected chi connectivity index (χ2v) is 17.1. The molecule has 0 heterocycles. The zero-order chi connectivity index (χ0) is 43.9. The number of fused-ring (bicyclic) bond motifs is 5. The zero-order valence-electron chi connectivity index (χ0n) is 37.2. The third-order valence-electron chi connectivity index (χ3n) is 12.7. The highest BCUT2D eigenvalue weighted by Gasteiger charge is 2.35. The van der Waals surface area contributed by atoms with Crippen molar-refractivity contribution in [3.8, 4) is 33.4 Å². The Balaban J connectivity index is 0.000000178. The number of nitrogens with one attached hydrogen (secondary N) is 1. The summed E-state index contributed by atoms with van der Waals surface area (Å²) in [4.78, 5) is 3.26. The Morgan fingerprint density at radius 3 is 1.75 bits per heavy atom. The largest absolute Gasteiger partial charge is 0.312 e. The Labute approximate surface area is 374 Å². The van der Waals surface area contributed by atoms with E-state index >= 15 is 0 Å². The fourth-order valence-electron chi connectivity index (χ4n) is 9.33. The standard InChI is InChI=1S/C37H30.C21H21N.C2H6N2/c1-23-28-13-7-5-11-25(28)17-19-29(23)33-21-26-12-6-8-14-30(26)36(24(33)2)27-18-20-32-31-15-9-10-16-34(31)37(3,4)35(32)22-27;1-17-12-14-18(15-13-17)16-22-21(19-8-4-2-5-9-19)20-10-6-3-7-11-20;1-4-2-3/h5-22H,1-4H3;2-15,21-22H,16H2,1H3;1-3H2. The molecule has 9 aromatic rings. The summed E-state index contributed by atoms with van der Waals surface area (Å²) in [6.45, 7) is 15.7. The van der Waals surface area contributed by atoms with Crippen LogP contribution in [0.3, 0.4) is 0 Å². The summed E-state index contributed by atoms with van der Waals surface area (Å²) in [6, 6.07) is 70.7. The van der Waals surface area contributed by atoms with Gasteiger partial charge in [-0.1, -0.05) is 201 Å². The molecule has 0 saturated heterocycles. The van der Waals surface area contributed by atoms with Crippen molar-refractivity contribution >= 4 is 28.3 Å². The summed E-state index contributed by atoms with van der Waals surface area (Å²) in [5.41, 5.74) is 23.5. The van der Waals surface area contributed by atoms with Crippen molar-refractivity contribution in [2.45, 2.75) is 52.6 Å². The van der Waals surface area contributed by atoms with Crippen molar-refractivity contribution < 1.29 is 0 Å². The molecule has 0 bridgehead atoms. The van der Waals surface area contributed by atoms with Gasteiger partial charge < -0.3 is 11.1 Å². The van der Waals surface area contributed by atoms with E-state index in [4.69, 9.17) is 5.73 Å². The lowest BCUT2D eigenvalue weighted by molar-refractivity contribution is 0.605. The van der Waals surface area contributed by atoms with Crippen LogP contribution in [-0.4, -0.2) is 13.4 Å². The number of hydrogen-bond donors (Lipinski definition) is 2. The van der Waals surface area contributed by atoms with Crippen LogP contribution < -0.4 is 11.1 Å². The van der Waals surface area contributed by atoms with E-state index in [1.807, 2.05) is 0 Å². The van der Waals surface area contributed by atoms with Gasteiger partial charge in [0, 0.05) is 12.0 Å². The highest BCUT2D eigenvalue weighted by molar-refractivity contribution is 6.04. The molecule has 312 valence electrons. The molecule has 0 amide bonds. The Morgan fingerprint density at radius 1 is 0.524 bits per heavy atom. The molecule has 0 unspecified atom stereocenters. The first-order chi connectivity index (χ1) is 30.7. The summed E-state index contributed by atoms with van der Waals surface area (Å²) >= 11 is 0. The first-order valence-electron chi connectivity index (χ1n) is 22.0. The molecule has 0 saturated carbocycles. The minimum Gasteiger partial charge on any atom is -0.312 e. The van der Waals surface area contributed by atoms with Gasteiger partial charge >= 0.3 is 0 Å². The number of aliphatic imine (C=N–C) groups is 1. The molecule has 9 aromatic carbocycles. The van der Waals surface area contributed by atoms with Gasteiger partial charge in [0.25, 0.3) is 0 Å². The van der Waals surface area contributed by atoms with Crippen LogP contribution in [0.5, 0.6) is 0 Å². The topological polar surface area (TPSA) is 50.4 Å². The normalized spacial score (nSPS) is 12.2. The van der Waals surface area contributed by atoms with E-state index in [2.05, 4.69) is 246 Å². The van der Waals surface area contributed by atoms with E-state index in [1.54, 1.807) is 0 Å². The molecule has 3 heteroatoms. The van der Waals surface area contributed by atoms with Gasteiger partial charge in [-0.15, -0.1) is 0 Å². The Kier molecular flexibility index (Phi) is 12.9. The third-order valence-corrected chi connectivity index (χ3v) is 12.7. The van der Waals surface area contributed by atoms with E-state index in [9.17, 15) is 0 Å². The summed E-state index contributed by atoms with van der Waals surface area (Å²) in [5.74, 6) is 0. The second-order valence-electron chi connectivity index (χ2n) is 17.1. The van der Waals surface area contributed by atoms with Crippen LogP contribution >= 0.6 is 0 Å². The zero-order valence-corrected chi connectivity index (χ0v) is 37.2. The minimum absolute atomic E-state index is 0.0157. The van der Waals surface area contributed by atoms with E-state index in [-0.39, 0.29) is 11.5 Å². The van der Waals surface area contributed by atoms with Gasteiger partial charge in [0.05, 0.1) is 12.7 Å². The first kappa shape index (κ1) is 42.8. The van der Waals surface area contributed by atoms with Gasteiger partial charge in [0.15, 0.2) is 0 Å². The van der Waals surface area contributed by atoms with Crippen LogP contribution in [0.25, 0.3) is 54.9 Å². The fraction of sp³-hybridized carbons (Fsp3) is 0.150. The summed E-state index contributed by atoms with van der Waals surface area (Å²) in [6.07, 6.45) is 0. The van der Waals surface area contributed by atoms with Gasteiger partial charge in [-0.2, -0.15) is 0 Å². The highest BCUT2D eigenvalue weighted by atomic mass is 14.9. The lowest BCUT2D eigenvalue weighted by Gasteiger charge is -2.23. The Bertz CT molecular complexity index is 2960. The molecule has 0 atom stereocenters. The molecule has 0 spiro atoms. The first-order valence-corrected chi connectivity index (χ1v) is 22.0. The molecule has 0 aliphatic heterocycles. The quantitative estimate of drug-likeness (QED) is 0.150. The summed E-state index contributed by atoms with van der Waals surface area (Å²) in [7, 11) is 0. The molecular formula is C60H57N3. The van der Waals surface area contributed by atoms with Crippen molar-refractivity contribution in [1.29, 1.82) is 0 Å². The van der Waals surface area contributed by atoms with Crippen LogP contribution in [0.4, 0.5) is 0 Å². The Morgan fingerprint density at radius 2 is 1.08 bits per heavy atom. The lowest BCUT2D eigenvalue weighted by atomic mass is 9.80. The van der Waals surface area contributed by atoms with Gasteiger partial charge in [-0.25, -0.2) is 0 Å². The van der Waals surface area contributed by atoms with Crippen LogP contribution in [0, 0.1) is 20.8 Å². The van der Waals surface area contributed by atoms with Gasteiger partial charge in [0.1, 0.15) is 0 Å². The predicted molar refractivity (Wildman–Crippen MR) is 271 cm³/mol. The molecule has 3 nitrogen and oxygen atoms in total. The number of nitrogens with zero attached hydrogens (tertiary/aromatic N) is 1. The Hall–Kier alpha value is -6.91. The molecule has 63 heavy (non-hydrogen) atoms. The van der Waals surface area contributed by atoms with E-state index in [1.165, 1.54) is 99.4 Å². The number of benzene rings is 9. The van der Waals surface area contributed by atoms with Crippen LogP contribution in [0.1, 0.15) is 64.4 Å². The smallest absolute Gasteiger partial charge is 0.0852 e. The SMILES string of the molecule is C=NCN.Cc1c(-c2ccc3ccccc3c2C)cc2ccccc2c1-c1ccc2c(c1)C(C)(C)c1ccccc1-2.Cc1ccc(CNC(c2ccccc2)c2ccccc2)cc1. The van der Waals surface area contributed by atoms with Crippen molar-refractivity contribution in [3.05, 3.63) is 239 Å². The number of hydrogen-bond acceptors (Lipinski definition) is 3. The van der Waals surface area contributed by atoms with Gasteiger partial charge in [-0.3, -0.25) is 4.99 Å². The van der Waals surface area contributed by atoms with E-state index < -0.39 is 0 Å². The monoisotopic (exact) mass is 819 g/mol. The molecular weight excluding hydrogens is 763 g/mol. The average Bonchev–Trinajstić information content (AvgIpc) is 3.56. The number of rotatable bonds is 8. The molecule has 0 radical (unpaired) electrons. The predicted octanol–water partition coefficient (Wildman–Crippen LogP) is 14.7.